The van der Waals surface area contributed by atoms with Crippen LogP contribution in [-0.2, 0) is 0 Å². The molecule has 0 amide bonds. The van der Waals surface area contributed by atoms with E-state index in [9.17, 15) is 0 Å². The molecule has 0 aromatic carbocycles. The van der Waals surface area contributed by atoms with Crippen LogP contribution in [0.4, 0.5) is 0 Å². The maximum Gasteiger partial charge on any atom is 0.0264 e. The molecule has 0 rings (SSSR count). The quantitative estimate of drug-likeness (QED) is 0.438. The fourth-order valence-corrected chi connectivity index (χ4v) is 0. The van der Waals surface area contributed by atoms with E-state index < -0.39 is 26.5 Å². The Morgan fingerprint density at radius 1 is 1.75 bits per heavy atom. The van der Waals surface area contributed by atoms with E-state index in [1.807, 2.05) is 0 Å². The van der Waals surface area contributed by atoms with Gasteiger partial charge in [0, 0.05) is 11.0 Å². The van der Waals surface area contributed by atoms with Gasteiger partial charge in [-0.2, -0.15) is 0 Å². The minimum Gasteiger partial charge on any atom is -0.0654 e. The van der Waals surface area contributed by atoms with Gasteiger partial charge in [-0.25, -0.2) is 0 Å². The summed E-state index contributed by atoms with van der Waals surface area (Å²) in [7, 11) is 0. The first-order valence-corrected chi connectivity index (χ1v) is 0.827. The highest BCUT2D eigenvalue weighted by Gasteiger charge is 1.56. The van der Waals surface area contributed by atoms with Crippen molar-refractivity contribution in [3.8, 4) is 0 Å². The zero-order chi connectivity index (χ0) is 10.2. The number of hydrogen-bond acceptors (Lipinski definition) is 0. The van der Waals surface area contributed by atoms with Gasteiger partial charge in [-0.15, -0.1) is 0 Å². The molecule has 0 N–H and O–H groups in total. The van der Waals surface area contributed by atoms with Crippen LogP contribution in [0.5, 0.6) is 0 Å². The van der Waals surface area contributed by atoms with Crippen molar-refractivity contribution in [1.82, 2.24) is 0 Å². The topological polar surface area (TPSA) is 0 Å². The lowest BCUT2D eigenvalue weighted by atomic mass is 10.4. The van der Waals surface area contributed by atoms with Crippen molar-refractivity contribution in [2.45, 2.75) is 26.5 Å². The second-order valence-electron chi connectivity index (χ2n) is 0.289. The van der Waals surface area contributed by atoms with Crippen molar-refractivity contribution >= 4 is 0 Å². The van der Waals surface area contributed by atoms with Crippen LogP contribution in [0.1, 0.15) is 37.5 Å². The molecule has 0 heterocycles. The van der Waals surface area contributed by atoms with Gasteiger partial charge in [0.2, 0.25) is 0 Å². The molecule has 0 aliphatic heterocycles. The number of hydrogen-bond donors (Lipinski definition) is 0. The van der Waals surface area contributed by atoms with Gasteiger partial charge in [-0.3, -0.25) is 0 Å². The summed E-state index contributed by atoms with van der Waals surface area (Å²) in [5.41, 5.74) is 0. The Bertz CT molecular complexity index is 131. The van der Waals surface area contributed by atoms with Crippen LogP contribution in [0.2, 0.25) is 0 Å². The first-order valence-electron chi connectivity index (χ1n) is 5.14. The largest absolute Gasteiger partial charge is 0.0654 e. The van der Waals surface area contributed by atoms with Crippen molar-refractivity contribution in [1.29, 1.82) is 0 Å². The zero-order valence-corrected chi connectivity index (χ0v) is 2.15. The summed E-state index contributed by atoms with van der Waals surface area (Å²) in [6.45, 7) is -4.07. The summed E-state index contributed by atoms with van der Waals surface area (Å²) in [4.78, 5) is 0. The highest BCUT2D eigenvalue weighted by Crippen LogP contribution is 1.76. The normalized spacial score (nSPS) is 45.5. The van der Waals surface area contributed by atoms with E-state index in [1.165, 1.54) is 0 Å². The van der Waals surface area contributed by atoms with Crippen molar-refractivity contribution < 1.29 is 11.0 Å². The third-order valence-corrected chi connectivity index (χ3v) is 0.0833. The van der Waals surface area contributed by atoms with Crippen molar-refractivity contribution in [2.75, 3.05) is 0 Å². The molecule has 0 aliphatic carbocycles. The monoisotopic (exact) mass is 66.1 g/mol. The molecule has 0 radical (unpaired) electrons. The van der Waals surface area contributed by atoms with Gasteiger partial charge < -0.3 is 0 Å². The summed E-state index contributed by atoms with van der Waals surface area (Å²) in [5.74, 6) is 0. The molecular formula is C4H10. The maximum atomic E-state index is 6.99. The van der Waals surface area contributed by atoms with E-state index in [0.717, 1.165) is 0 Å². The van der Waals surface area contributed by atoms with E-state index in [-0.39, 0.29) is 0 Å². The molecule has 0 saturated heterocycles. The molecule has 0 atom stereocenters. The average molecular weight is 66.2 g/mol. The van der Waals surface area contributed by atoms with Crippen molar-refractivity contribution in [3.63, 3.8) is 0 Å². The van der Waals surface area contributed by atoms with Crippen LogP contribution in [0.3, 0.4) is 0 Å². The Kier molecular flexibility index (Phi) is 0.223. The molecule has 0 aromatic rings. The van der Waals surface area contributed by atoms with E-state index in [0.29, 0.717) is 0 Å². The Balaban J connectivity index is 4.75. The van der Waals surface area contributed by atoms with E-state index in [4.69, 9.17) is 11.0 Å². The highest BCUT2D eigenvalue weighted by atomic mass is 13.6. The van der Waals surface area contributed by atoms with Crippen LogP contribution in [0.15, 0.2) is 0 Å². The van der Waals surface area contributed by atoms with Gasteiger partial charge in [0.15, 0.2) is 0 Å². The molecule has 0 fully saturated rings. The standard InChI is InChI=1S/C4H10/c1-3-4-2/h3-4H2,1-2H3/i1D2,2D2,3D2,4D2. The van der Waals surface area contributed by atoms with Gasteiger partial charge in [0.25, 0.3) is 0 Å². The number of rotatable bonds is 1. The predicted octanol–water partition coefficient (Wildman–Crippen LogP) is 1.81. The lowest BCUT2D eigenvalue weighted by Crippen LogP contribution is -1.47. The zero-order valence-electron chi connectivity index (χ0n) is 10.2. The molecule has 0 spiro atoms. The van der Waals surface area contributed by atoms with Crippen LogP contribution >= 0.6 is 0 Å². The summed E-state index contributed by atoms with van der Waals surface area (Å²) < 4.78 is 54.8. The molecule has 0 heteroatoms. The molecule has 0 nitrogen and oxygen atoms in total. The van der Waals surface area contributed by atoms with Crippen molar-refractivity contribution in [3.05, 3.63) is 0 Å². The molecule has 4 heavy (non-hydrogen) atoms. The van der Waals surface area contributed by atoms with Crippen LogP contribution in [0, 0.1) is 0 Å². The SMILES string of the molecule is [2H]C([2H])C([2H])([2H])C([2H])([2H])C([2H])[2H]. The van der Waals surface area contributed by atoms with Gasteiger partial charge >= 0.3 is 0 Å². The second-order valence-corrected chi connectivity index (χ2v) is 0.289. The summed E-state index contributed by atoms with van der Waals surface area (Å²) in [5, 5.41) is 0. The van der Waals surface area contributed by atoms with Gasteiger partial charge in [-0.05, 0) is 0 Å². The smallest absolute Gasteiger partial charge is 0.0264 e. The fourth-order valence-electron chi connectivity index (χ4n) is 0. The summed E-state index contributed by atoms with van der Waals surface area (Å²) >= 11 is 0. The maximum absolute atomic E-state index is 6.99. The third-order valence-electron chi connectivity index (χ3n) is 0.0833. The summed E-state index contributed by atoms with van der Waals surface area (Å²) in [6.07, 6.45) is -5.58. The average Bonchev–Trinajstić information content (AvgIpc) is 1.86. The van der Waals surface area contributed by atoms with Gasteiger partial charge in [0.1, 0.15) is 0 Å². The Morgan fingerprint density at radius 2 is 2.25 bits per heavy atom. The van der Waals surface area contributed by atoms with Crippen LogP contribution in [-0.4, -0.2) is 0 Å². The lowest BCUT2D eigenvalue weighted by molar-refractivity contribution is 0.886. The predicted molar refractivity (Wildman–Crippen MR) is 20.6 cm³/mol. The molecule has 0 saturated carbocycles. The second kappa shape index (κ2) is 3.00. The first kappa shape index (κ1) is 0.298. The van der Waals surface area contributed by atoms with E-state index in [1.54, 1.807) is 0 Å². The minimum atomic E-state index is -2.79. The van der Waals surface area contributed by atoms with Crippen molar-refractivity contribution in [2.24, 2.45) is 0 Å². The molecular weight excluding hydrogens is 48.0 g/mol. The summed E-state index contributed by atoms with van der Waals surface area (Å²) in [6, 6.07) is 0. The molecule has 0 aliphatic rings. The Labute approximate surface area is 39.1 Å². The molecule has 26 valence electrons. The Hall–Kier alpha value is 0. The fraction of sp³-hybridized carbons (Fsp3) is 1.00. The molecule has 0 aromatic heterocycles. The van der Waals surface area contributed by atoms with E-state index >= 15 is 0 Å². The van der Waals surface area contributed by atoms with Crippen LogP contribution in [0.25, 0.3) is 0 Å². The highest BCUT2D eigenvalue weighted by molar-refractivity contribution is 4.12. The molecule has 0 unspecified atom stereocenters. The van der Waals surface area contributed by atoms with E-state index in [2.05, 4.69) is 0 Å². The molecule has 0 bridgehead atoms. The van der Waals surface area contributed by atoms with Crippen LogP contribution < -0.4 is 0 Å². The van der Waals surface area contributed by atoms with Gasteiger partial charge in [-0.1, -0.05) is 26.5 Å². The third kappa shape index (κ3) is 2.00. The van der Waals surface area contributed by atoms with Gasteiger partial charge in [0.05, 0.1) is 0 Å². The first-order chi connectivity index (χ1) is 5.14. The Morgan fingerprint density at radius 3 is 2.50 bits per heavy atom. The lowest BCUT2D eigenvalue weighted by Gasteiger charge is -1.68. The minimum absolute atomic E-state index is 2.04.